The highest BCUT2D eigenvalue weighted by Crippen LogP contribution is 2.20. The summed E-state index contributed by atoms with van der Waals surface area (Å²) in [6.07, 6.45) is 0.660. The maximum atomic E-state index is 12.3. The van der Waals surface area contributed by atoms with Gasteiger partial charge in [-0.05, 0) is 20.3 Å². The van der Waals surface area contributed by atoms with E-state index in [1.54, 1.807) is 18.7 Å². The summed E-state index contributed by atoms with van der Waals surface area (Å²) >= 11 is 5.66. The van der Waals surface area contributed by atoms with E-state index >= 15 is 0 Å². The molecule has 1 amide bonds. The molecule has 0 rings (SSSR count). The molecule has 0 heterocycles. The molecule has 0 aromatic rings. The van der Waals surface area contributed by atoms with Gasteiger partial charge in [-0.25, -0.2) is 4.79 Å². The summed E-state index contributed by atoms with van der Waals surface area (Å²) in [5.74, 6) is 0.0292. The smallest absolute Gasteiger partial charge is 0.328 e. The van der Waals surface area contributed by atoms with Crippen LogP contribution in [0, 0.1) is 5.41 Å². The minimum Gasteiger partial charge on any atom is -0.464 e. The Labute approximate surface area is 115 Å². The summed E-state index contributed by atoms with van der Waals surface area (Å²) in [4.78, 5) is 25.6. The van der Waals surface area contributed by atoms with Gasteiger partial charge >= 0.3 is 5.97 Å². The van der Waals surface area contributed by atoms with Crippen LogP contribution in [0.25, 0.3) is 0 Å². The quantitative estimate of drug-likeness (QED) is 0.553. The Morgan fingerprint density at radius 3 is 2.28 bits per heavy atom. The van der Waals surface area contributed by atoms with Crippen molar-refractivity contribution in [3.05, 3.63) is 0 Å². The Kier molecular flexibility index (Phi) is 7.29. The highest BCUT2D eigenvalue weighted by Gasteiger charge is 2.33. The first kappa shape index (κ1) is 17.2. The largest absolute Gasteiger partial charge is 0.464 e. The van der Waals surface area contributed by atoms with Gasteiger partial charge in [0, 0.05) is 17.8 Å². The van der Waals surface area contributed by atoms with Gasteiger partial charge in [0.05, 0.1) is 6.61 Å². The lowest BCUT2D eigenvalue weighted by molar-refractivity contribution is -0.157. The summed E-state index contributed by atoms with van der Waals surface area (Å²) < 4.78 is 4.96. The summed E-state index contributed by atoms with van der Waals surface area (Å²) in [6, 6.07) is -0.570. The van der Waals surface area contributed by atoms with E-state index < -0.39 is 11.5 Å². The number of amides is 1. The van der Waals surface area contributed by atoms with E-state index in [0.29, 0.717) is 25.5 Å². The summed E-state index contributed by atoms with van der Waals surface area (Å²) in [6.45, 7) is 9.73. The molecule has 1 unspecified atom stereocenters. The van der Waals surface area contributed by atoms with Crippen molar-refractivity contribution in [1.82, 2.24) is 4.90 Å². The molecule has 0 N–H and O–H groups in total. The van der Waals surface area contributed by atoms with Gasteiger partial charge in [-0.3, -0.25) is 4.79 Å². The van der Waals surface area contributed by atoms with Gasteiger partial charge in [-0.1, -0.05) is 20.8 Å². The van der Waals surface area contributed by atoms with Crippen molar-refractivity contribution in [2.75, 3.05) is 19.0 Å². The Hall–Kier alpha value is -0.770. The van der Waals surface area contributed by atoms with Gasteiger partial charge in [-0.15, -0.1) is 11.6 Å². The van der Waals surface area contributed by atoms with Crippen molar-refractivity contribution in [2.24, 2.45) is 5.41 Å². The van der Waals surface area contributed by atoms with Crippen LogP contribution in [0.3, 0.4) is 0 Å². The topological polar surface area (TPSA) is 46.6 Å². The number of halogens is 1. The average molecular weight is 278 g/mol. The van der Waals surface area contributed by atoms with Crippen LogP contribution in [0.5, 0.6) is 0 Å². The molecule has 0 aliphatic heterocycles. The predicted octanol–water partition coefficient (Wildman–Crippen LogP) is 2.44. The monoisotopic (exact) mass is 277 g/mol. The molecule has 0 bridgehead atoms. The Balaban J connectivity index is 4.87. The van der Waals surface area contributed by atoms with Crippen LogP contribution in [-0.2, 0) is 14.3 Å². The minimum absolute atomic E-state index is 0.0619. The first-order chi connectivity index (χ1) is 8.25. The summed E-state index contributed by atoms with van der Waals surface area (Å²) in [5, 5.41) is 0. The van der Waals surface area contributed by atoms with E-state index in [9.17, 15) is 9.59 Å². The molecule has 18 heavy (non-hydrogen) atoms. The number of rotatable bonds is 6. The third-order valence-corrected chi connectivity index (χ3v) is 2.80. The van der Waals surface area contributed by atoms with Crippen LogP contribution in [0.4, 0.5) is 0 Å². The molecule has 0 aliphatic carbocycles. The van der Waals surface area contributed by atoms with Crippen LogP contribution in [0.1, 0.15) is 41.0 Å². The second-order valence-electron chi connectivity index (χ2n) is 5.22. The van der Waals surface area contributed by atoms with E-state index in [2.05, 4.69) is 0 Å². The Morgan fingerprint density at radius 1 is 1.33 bits per heavy atom. The predicted molar refractivity (Wildman–Crippen MR) is 72.6 cm³/mol. The van der Waals surface area contributed by atoms with E-state index in [1.807, 2.05) is 20.8 Å². The van der Waals surface area contributed by atoms with Crippen LogP contribution in [0.2, 0.25) is 0 Å². The molecule has 4 nitrogen and oxygen atoms in total. The number of hydrogen-bond acceptors (Lipinski definition) is 3. The highest BCUT2D eigenvalue weighted by molar-refractivity contribution is 6.17. The van der Waals surface area contributed by atoms with Gasteiger partial charge in [0.2, 0.25) is 5.91 Å². The number of ether oxygens (including phenoxy) is 1. The summed E-state index contributed by atoms with van der Waals surface area (Å²) in [5.41, 5.74) is -0.521. The lowest BCUT2D eigenvalue weighted by Gasteiger charge is -2.33. The van der Waals surface area contributed by atoms with Gasteiger partial charge in [0.25, 0.3) is 0 Å². The minimum atomic E-state index is -0.570. The maximum absolute atomic E-state index is 12.3. The SMILES string of the molecule is CCOC(=O)C(C)N(CCCCl)C(=O)C(C)(C)C. The second-order valence-corrected chi connectivity index (χ2v) is 5.60. The van der Waals surface area contributed by atoms with E-state index in [-0.39, 0.29) is 11.9 Å². The number of nitrogens with zero attached hydrogens (tertiary/aromatic N) is 1. The first-order valence-corrected chi connectivity index (χ1v) is 6.82. The molecule has 0 fully saturated rings. The van der Waals surface area contributed by atoms with E-state index in [4.69, 9.17) is 16.3 Å². The standard InChI is InChI=1S/C13H24ClNO3/c1-6-18-11(16)10(2)15(9-7-8-14)12(17)13(3,4)5/h10H,6-9H2,1-5H3. The molecule has 0 aromatic heterocycles. The number of hydrogen-bond donors (Lipinski definition) is 0. The van der Waals surface area contributed by atoms with Gasteiger partial charge < -0.3 is 9.64 Å². The summed E-state index contributed by atoms with van der Waals surface area (Å²) in [7, 11) is 0. The van der Waals surface area contributed by atoms with Gasteiger partial charge in [-0.2, -0.15) is 0 Å². The number of carbonyl (C=O) groups excluding carboxylic acids is 2. The first-order valence-electron chi connectivity index (χ1n) is 6.29. The third-order valence-electron chi connectivity index (χ3n) is 2.53. The lowest BCUT2D eigenvalue weighted by Crippen LogP contribution is -2.49. The molecule has 5 heteroatoms. The maximum Gasteiger partial charge on any atom is 0.328 e. The van der Waals surface area contributed by atoms with Crippen molar-refractivity contribution in [1.29, 1.82) is 0 Å². The van der Waals surface area contributed by atoms with Crippen molar-refractivity contribution in [3.8, 4) is 0 Å². The van der Waals surface area contributed by atoms with Crippen molar-refractivity contribution >= 4 is 23.5 Å². The fourth-order valence-electron chi connectivity index (χ4n) is 1.52. The zero-order valence-electron chi connectivity index (χ0n) is 12.0. The molecular weight excluding hydrogens is 254 g/mol. The fourth-order valence-corrected chi connectivity index (χ4v) is 1.64. The lowest BCUT2D eigenvalue weighted by atomic mass is 9.94. The van der Waals surface area contributed by atoms with Crippen molar-refractivity contribution in [2.45, 2.75) is 47.1 Å². The third kappa shape index (κ3) is 5.25. The molecule has 0 aliphatic rings. The van der Waals surface area contributed by atoms with Gasteiger partial charge in [0.1, 0.15) is 6.04 Å². The fraction of sp³-hybridized carbons (Fsp3) is 0.846. The molecule has 106 valence electrons. The van der Waals surface area contributed by atoms with Gasteiger partial charge in [0.15, 0.2) is 0 Å². The molecular formula is C13H24ClNO3. The van der Waals surface area contributed by atoms with Crippen LogP contribution in [0.15, 0.2) is 0 Å². The average Bonchev–Trinajstić information content (AvgIpc) is 2.28. The molecule has 0 aromatic carbocycles. The van der Waals surface area contributed by atoms with Crippen molar-refractivity contribution < 1.29 is 14.3 Å². The number of alkyl halides is 1. The number of esters is 1. The Bertz CT molecular complexity index is 286. The molecule has 0 radical (unpaired) electrons. The van der Waals surface area contributed by atoms with E-state index in [1.165, 1.54) is 0 Å². The Morgan fingerprint density at radius 2 is 1.89 bits per heavy atom. The second kappa shape index (κ2) is 7.62. The van der Waals surface area contributed by atoms with Crippen molar-refractivity contribution in [3.63, 3.8) is 0 Å². The molecule has 0 spiro atoms. The normalized spacial score (nSPS) is 13.0. The molecule has 0 saturated heterocycles. The van der Waals surface area contributed by atoms with Crippen LogP contribution >= 0.6 is 11.6 Å². The number of carbonyl (C=O) groups is 2. The van der Waals surface area contributed by atoms with Crippen LogP contribution < -0.4 is 0 Å². The zero-order valence-corrected chi connectivity index (χ0v) is 12.7. The van der Waals surface area contributed by atoms with Crippen LogP contribution in [-0.4, -0.2) is 41.8 Å². The molecule has 1 atom stereocenters. The molecule has 0 saturated carbocycles. The van der Waals surface area contributed by atoms with E-state index in [0.717, 1.165) is 0 Å². The zero-order chi connectivity index (χ0) is 14.3. The highest BCUT2D eigenvalue weighted by atomic mass is 35.5.